The van der Waals surface area contributed by atoms with Gasteiger partial charge in [-0.15, -0.1) is 0 Å². The highest BCUT2D eigenvalue weighted by Gasteiger charge is 2.07. The Hall–Kier alpha value is -1.81. The molecule has 2 N–H and O–H groups in total. The van der Waals surface area contributed by atoms with E-state index in [1.54, 1.807) is 23.5 Å². The minimum absolute atomic E-state index is 0.354. The van der Waals surface area contributed by atoms with E-state index in [0.717, 1.165) is 17.8 Å². The van der Waals surface area contributed by atoms with Crippen molar-refractivity contribution < 1.29 is 9.90 Å². The number of aryl methyl sites for hydroxylation is 2. The molecule has 94 valence electrons. The van der Waals surface area contributed by atoms with Crippen LogP contribution in [0.4, 0.5) is 5.69 Å². The van der Waals surface area contributed by atoms with E-state index >= 15 is 0 Å². The Kier molecular flexibility index (Phi) is 3.67. The maximum atomic E-state index is 10.9. The Morgan fingerprint density at radius 3 is 2.61 bits per heavy atom. The molecule has 0 saturated carbocycles. The molecule has 0 spiro atoms. The topological polar surface area (TPSA) is 49.3 Å². The van der Waals surface area contributed by atoms with Crippen molar-refractivity contribution >= 4 is 23.0 Å². The molecule has 0 bridgehead atoms. The summed E-state index contributed by atoms with van der Waals surface area (Å²) in [6, 6.07) is 5.31. The van der Waals surface area contributed by atoms with Crippen LogP contribution in [0.3, 0.4) is 0 Å². The number of hydrogen-bond acceptors (Lipinski definition) is 3. The van der Waals surface area contributed by atoms with Crippen LogP contribution in [0.5, 0.6) is 0 Å². The van der Waals surface area contributed by atoms with Crippen molar-refractivity contribution in [3.63, 3.8) is 0 Å². The molecular weight excluding hydrogens is 246 g/mol. The Morgan fingerprint density at radius 1 is 1.28 bits per heavy atom. The Labute approximate surface area is 110 Å². The highest BCUT2D eigenvalue weighted by molar-refractivity contribution is 7.08. The molecule has 2 rings (SSSR count). The zero-order valence-corrected chi connectivity index (χ0v) is 11.2. The van der Waals surface area contributed by atoms with Crippen LogP contribution in [0.2, 0.25) is 0 Å². The standard InChI is InChI=1S/C14H15NO2S/c1-9-5-12(3-4-13(9)14(16)17)15-6-11-8-18-7-10(11)2/h3-5,7-8,15H,6H2,1-2H3,(H,16,17). The first-order chi connectivity index (χ1) is 8.58. The Balaban J connectivity index is 2.09. The number of nitrogens with one attached hydrogen (secondary N) is 1. The summed E-state index contributed by atoms with van der Waals surface area (Å²) in [5.41, 5.74) is 4.64. The van der Waals surface area contributed by atoms with Gasteiger partial charge in [0.05, 0.1) is 5.56 Å². The van der Waals surface area contributed by atoms with Crippen molar-refractivity contribution in [2.24, 2.45) is 0 Å². The van der Waals surface area contributed by atoms with Gasteiger partial charge < -0.3 is 10.4 Å². The van der Waals surface area contributed by atoms with Gasteiger partial charge in [0.2, 0.25) is 0 Å². The summed E-state index contributed by atoms with van der Waals surface area (Å²) in [7, 11) is 0. The molecule has 4 heteroatoms. The van der Waals surface area contributed by atoms with Gasteiger partial charge in [0, 0.05) is 12.2 Å². The highest BCUT2D eigenvalue weighted by atomic mass is 32.1. The van der Waals surface area contributed by atoms with Crippen LogP contribution in [-0.4, -0.2) is 11.1 Å². The second-order valence-corrected chi connectivity index (χ2v) is 5.01. The smallest absolute Gasteiger partial charge is 0.335 e. The van der Waals surface area contributed by atoms with Gasteiger partial charge in [-0.3, -0.25) is 0 Å². The third kappa shape index (κ3) is 2.71. The van der Waals surface area contributed by atoms with E-state index in [2.05, 4.69) is 23.0 Å². The molecule has 0 unspecified atom stereocenters. The summed E-state index contributed by atoms with van der Waals surface area (Å²) in [6.45, 7) is 4.66. The molecule has 0 aliphatic heterocycles. The van der Waals surface area contributed by atoms with Gasteiger partial charge in [0.1, 0.15) is 0 Å². The molecule has 0 atom stereocenters. The molecule has 1 heterocycles. The summed E-state index contributed by atoms with van der Waals surface area (Å²) in [4.78, 5) is 10.9. The maximum absolute atomic E-state index is 10.9. The number of thiophene rings is 1. The molecule has 3 nitrogen and oxygen atoms in total. The van der Waals surface area contributed by atoms with E-state index in [1.165, 1.54) is 11.1 Å². The number of anilines is 1. The van der Waals surface area contributed by atoms with Crippen LogP contribution in [-0.2, 0) is 6.54 Å². The van der Waals surface area contributed by atoms with Crippen LogP contribution < -0.4 is 5.32 Å². The third-order valence-corrected chi connectivity index (χ3v) is 3.81. The number of carbonyl (C=O) groups is 1. The lowest BCUT2D eigenvalue weighted by atomic mass is 10.1. The number of carboxylic acid groups (broad SMARTS) is 1. The lowest BCUT2D eigenvalue weighted by molar-refractivity contribution is 0.0696. The molecule has 1 aromatic carbocycles. The lowest BCUT2D eigenvalue weighted by Gasteiger charge is -2.08. The molecular formula is C14H15NO2S. The zero-order valence-electron chi connectivity index (χ0n) is 10.4. The van der Waals surface area contributed by atoms with Gasteiger partial charge in [-0.1, -0.05) is 0 Å². The predicted molar refractivity (Wildman–Crippen MR) is 74.5 cm³/mol. The van der Waals surface area contributed by atoms with Gasteiger partial charge in [0.25, 0.3) is 0 Å². The number of hydrogen-bond donors (Lipinski definition) is 2. The predicted octanol–water partition coefficient (Wildman–Crippen LogP) is 3.68. The third-order valence-electron chi connectivity index (χ3n) is 2.90. The van der Waals surface area contributed by atoms with Crippen molar-refractivity contribution in [2.45, 2.75) is 20.4 Å². The summed E-state index contributed by atoms with van der Waals surface area (Å²) < 4.78 is 0. The fourth-order valence-electron chi connectivity index (χ4n) is 1.78. The molecule has 18 heavy (non-hydrogen) atoms. The SMILES string of the molecule is Cc1cscc1CNc1ccc(C(=O)O)c(C)c1. The normalized spacial score (nSPS) is 10.3. The first-order valence-corrected chi connectivity index (χ1v) is 6.61. The van der Waals surface area contributed by atoms with Gasteiger partial charge in [0.15, 0.2) is 0 Å². The minimum Gasteiger partial charge on any atom is -0.478 e. The molecule has 0 radical (unpaired) electrons. The van der Waals surface area contributed by atoms with E-state index in [0.29, 0.717) is 5.56 Å². The van der Waals surface area contributed by atoms with Crippen molar-refractivity contribution in [1.82, 2.24) is 0 Å². The number of carboxylic acids is 1. The summed E-state index contributed by atoms with van der Waals surface area (Å²) in [6.07, 6.45) is 0. The molecule has 0 aliphatic rings. The van der Waals surface area contributed by atoms with Crippen molar-refractivity contribution in [1.29, 1.82) is 0 Å². The maximum Gasteiger partial charge on any atom is 0.335 e. The quantitative estimate of drug-likeness (QED) is 0.882. The number of rotatable bonds is 4. The Morgan fingerprint density at radius 2 is 2.06 bits per heavy atom. The first-order valence-electron chi connectivity index (χ1n) is 5.67. The molecule has 2 aromatic rings. The minimum atomic E-state index is -0.882. The van der Waals surface area contributed by atoms with Gasteiger partial charge >= 0.3 is 5.97 Å². The lowest BCUT2D eigenvalue weighted by Crippen LogP contribution is -2.03. The van der Waals surface area contributed by atoms with E-state index in [1.807, 2.05) is 13.0 Å². The largest absolute Gasteiger partial charge is 0.478 e. The van der Waals surface area contributed by atoms with Gasteiger partial charge in [-0.25, -0.2) is 4.79 Å². The van der Waals surface area contributed by atoms with Crippen LogP contribution in [0.25, 0.3) is 0 Å². The molecule has 0 saturated heterocycles. The fourth-order valence-corrected chi connectivity index (χ4v) is 2.64. The van der Waals surface area contributed by atoms with Crippen LogP contribution >= 0.6 is 11.3 Å². The van der Waals surface area contributed by atoms with Gasteiger partial charge in [-0.2, -0.15) is 11.3 Å². The molecule has 0 amide bonds. The summed E-state index contributed by atoms with van der Waals surface area (Å²) in [5.74, 6) is -0.882. The molecule has 0 aliphatic carbocycles. The van der Waals surface area contributed by atoms with Gasteiger partial charge in [-0.05, 0) is 59.5 Å². The second-order valence-electron chi connectivity index (χ2n) is 4.27. The second kappa shape index (κ2) is 5.23. The van der Waals surface area contributed by atoms with Crippen LogP contribution in [0.1, 0.15) is 27.0 Å². The highest BCUT2D eigenvalue weighted by Crippen LogP contribution is 2.18. The van der Waals surface area contributed by atoms with Crippen molar-refractivity contribution in [2.75, 3.05) is 5.32 Å². The van der Waals surface area contributed by atoms with E-state index in [9.17, 15) is 4.79 Å². The Bertz CT molecular complexity index is 575. The van der Waals surface area contributed by atoms with E-state index in [-0.39, 0.29) is 0 Å². The zero-order chi connectivity index (χ0) is 13.1. The van der Waals surface area contributed by atoms with Crippen molar-refractivity contribution in [3.8, 4) is 0 Å². The van der Waals surface area contributed by atoms with E-state index in [4.69, 9.17) is 5.11 Å². The number of benzene rings is 1. The van der Waals surface area contributed by atoms with Crippen LogP contribution in [0, 0.1) is 13.8 Å². The summed E-state index contributed by atoms with van der Waals surface area (Å²) >= 11 is 1.69. The average molecular weight is 261 g/mol. The summed E-state index contributed by atoms with van der Waals surface area (Å²) in [5, 5.41) is 16.5. The average Bonchev–Trinajstić information content (AvgIpc) is 2.72. The van der Waals surface area contributed by atoms with Crippen molar-refractivity contribution in [3.05, 3.63) is 51.2 Å². The fraction of sp³-hybridized carbons (Fsp3) is 0.214. The molecule has 0 fully saturated rings. The first kappa shape index (κ1) is 12.6. The molecule has 1 aromatic heterocycles. The van der Waals surface area contributed by atoms with E-state index < -0.39 is 5.97 Å². The van der Waals surface area contributed by atoms with Crippen LogP contribution in [0.15, 0.2) is 29.0 Å². The monoisotopic (exact) mass is 261 g/mol. The number of aromatic carboxylic acids is 1.